The van der Waals surface area contributed by atoms with Gasteiger partial charge >= 0.3 is 0 Å². The maximum atomic E-state index is 6.47. The van der Waals surface area contributed by atoms with Crippen LogP contribution in [0.3, 0.4) is 0 Å². The first-order chi connectivity index (χ1) is 16.6. The van der Waals surface area contributed by atoms with E-state index in [1.54, 1.807) is 0 Å². The Morgan fingerprint density at radius 3 is 2.74 bits per heavy atom. The Morgan fingerprint density at radius 2 is 1.97 bits per heavy atom. The van der Waals surface area contributed by atoms with Crippen molar-refractivity contribution in [1.82, 2.24) is 4.90 Å². The SMILES string of the molecule is CCOCCNc1c(OCc2ccccc2)ccc2c1[C@]1(C)CN(CC3CC3)[C@H](C3OC23)[C@@H]1C. The van der Waals surface area contributed by atoms with Crippen LogP contribution in [0, 0.1) is 11.8 Å². The van der Waals surface area contributed by atoms with Crippen LogP contribution in [0.4, 0.5) is 5.69 Å². The maximum absolute atomic E-state index is 6.47. The molecule has 5 atom stereocenters. The number of anilines is 1. The molecule has 2 unspecified atom stereocenters. The third kappa shape index (κ3) is 3.92. The lowest BCUT2D eigenvalue weighted by Gasteiger charge is -2.34. The Bertz CT molecular complexity index is 1020. The van der Waals surface area contributed by atoms with Gasteiger partial charge in [0.05, 0.1) is 12.3 Å². The molecule has 0 aromatic heterocycles. The van der Waals surface area contributed by atoms with Gasteiger partial charge < -0.3 is 19.5 Å². The number of epoxide rings is 1. The van der Waals surface area contributed by atoms with E-state index in [0.29, 0.717) is 31.3 Å². The minimum atomic E-state index is 0.0612. The standard InChI is InChI=1S/C29H38N2O3/c1-4-32-15-14-30-25-23(33-17-21-8-6-5-7-9-21)13-12-22-24(25)29(3)18-31(16-20-10-11-20)26(19(29)2)28-27(22)34-28/h5-9,12-13,19-20,26-28,30H,4,10-11,14-18H2,1-3H3/t19-,26-,27?,28?,29+/m0/s1. The second kappa shape index (κ2) is 8.85. The molecular weight excluding hydrogens is 424 g/mol. The molecule has 0 spiro atoms. The number of hydrogen-bond donors (Lipinski definition) is 1. The molecule has 1 N–H and O–H groups in total. The molecule has 1 saturated carbocycles. The van der Waals surface area contributed by atoms with Gasteiger partial charge in [-0.3, -0.25) is 4.90 Å². The van der Waals surface area contributed by atoms with Crippen LogP contribution in [0.2, 0.25) is 0 Å². The van der Waals surface area contributed by atoms with Crippen LogP contribution in [-0.4, -0.2) is 49.9 Å². The van der Waals surface area contributed by atoms with Gasteiger partial charge in [-0.25, -0.2) is 0 Å². The monoisotopic (exact) mass is 462 g/mol. The molecule has 5 heteroatoms. The Balaban J connectivity index is 1.37. The fourth-order valence-corrected chi connectivity index (χ4v) is 6.49. The number of likely N-dealkylation sites (tertiary alicyclic amines) is 1. The van der Waals surface area contributed by atoms with Crippen molar-refractivity contribution in [2.24, 2.45) is 11.8 Å². The van der Waals surface area contributed by atoms with E-state index >= 15 is 0 Å². The highest BCUT2D eigenvalue weighted by Gasteiger charge is 2.63. The number of ether oxygens (including phenoxy) is 3. The summed E-state index contributed by atoms with van der Waals surface area (Å²) in [6.07, 6.45) is 3.31. The van der Waals surface area contributed by atoms with Gasteiger partial charge in [0.2, 0.25) is 0 Å². The number of rotatable bonds is 10. The summed E-state index contributed by atoms with van der Waals surface area (Å²) in [4.78, 5) is 2.76. The Morgan fingerprint density at radius 1 is 1.15 bits per heavy atom. The molecule has 5 nitrogen and oxygen atoms in total. The zero-order chi connectivity index (χ0) is 23.3. The molecule has 2 saturated heterocycles. The van der Waals surface area contributed by atoms with E-state index in [9.17, 15) is 0 Å². The van der Waals surface area contributed by atoms with Crippen LogP contribution in [-0.2, 0) is 21.5 Å². The van der Waals surface area contributed by atoms with E-state index in [2.05, 4.69) is 60.5 Å². The summed E-state index contributed by atoms with van der Waals surface area (Å²) >= 11 is 0. The van der Waals surface area contributed by atoms with Crippen LogP contribution in [0.15, 0.2) is 42.5 Å². The van der Waals surface area contributed by atoms with Gasteiger partial charge in [0.15, 0.2) is 0 Å². The van der Waals surface area contributed by atoms with Crippen LogP contribution in [0.5, 0.6) is 5.75 Å². The van der Waals surface area contributed by atoms with Crippen molar-refractivity contribution in [3.8, 4) is 5.75 Å². The molecule has 0 amide bonds. The zero-order valence-electron chi connectivity index (χ0n) is 20.8. The van der Waals surface area contributed by atoms with Crippen molar-refractivity contribution in [2.45, 2.75) is 63.9 Å². The maximum Gasteiger partial charge on any atom is 0.143 e. The Hall–Kier alpha value is -2.08. The smallest absolute Gasteiger partial charge is 0.143 e. The first kappa shape index (κ1) is 22.4. The van der Waals surface area contributed by atoms with Gasteiger partial charge in [0.25, 0.3) is 0 Å². The van der Waals surface area contributed by atoms with E-state index in [-0.39, 0.29) is 11.5 Å². The van der Waals surface area contributed by atoms with Crippen molar-refractivity contribution < 1.29 is 14.2 Å². The van der Waals surface area contributed by atoms with Crippen LogP contribution >= 0.6 is 0 Å². The van der Waals surface area contributed by atoms with E-state index < -0.39 is 0 Å². The normalized spacial score (nSPS) is 31.5. The zero-order valence-corrected chi connectivity index (χ0v) is 20.8. The number of nitrogens with one attached hydrogen (secondary N) is 1. The van der Waals surface area contributed by atoms with E-state index in [0.717, 1.165) is 37.1 Å². The van der Waals surface area contributed by atoms with Crippen LogP contribution in [0.1, 0.15) is 56.4 Å². The Labute approximate surface area is 203 Å². The summed E-state index contributed by atoms with van der Waals surface area (Å²) in [7, 11) is 0. The topological polar surface area (TPSA) is 46.3 Å². The van der Waals surface area contributed by atoms with Gasteiger partial charge in [-0.05, 0) is 54.4 Å². The van der Waals surface area contributed by atoms with Gasteiger partial charge in [0, 0.05) is 37.7 Å². The average molecular weight is 463 g/mol. The minimum Gasteiger partial charge on any atom is -0.487 e. The lowest BCUT2D eigenvalue weighted by Crippen LogP contribution is -2.38. The molecule has 182 valence electrons. The number of nitrogens with zero attached hydrogens (tertiary/aromatic N) is 1. The second-order valence-corrected chi connectivity index (χ2v) is 10.9. The number of benzene rings is 2. The molecule has 0 radical (unpaired) electrons. The fourth-order valence-electron chi connectivity index (χ4n) is 6.49. The van der Waals surface area contributed by atoms with Crippen molar-refractivity contribution in [1.29, 1.82) is 0 Å². The van der Waals surface area contributed by atoms with Gasteiger partial charge in [0.1, 0.15) is 24.6 Å². The molecule has 6 rings (SSSR count). The third-order valence-electron chi connectivity index (χ3n) is 8.59. The molecule has 2 aliphatic heterocycles. The number of fused-ring (bicyclic) bond motifs is 7. The molecule has 4 aliphatic rings. The summed E-state index contributed by atoms with van der Waals surface area (Å²) in [6, 6.07) is 15.4. The van der Waals surface area contributed by atoms with E-state index in [1.807, 2.05) is 13.0 Å². The third-order valence-corrected chi connectivity index (χ3v) is 8.59. The highest BCUT2D eigenvalue weighted by Crippen LogP contribution is 2.61. The molecule has 3 fully saturated rings. The second-order valence-electron chi connectivity index (χ2n) is 10.9. The molecule has 2 aromatic rings. The fraction of sp³-hybridized carbons (Fsp3) is 0.586. The van der Waals surface area contributed by atoms with Gasteiger partial charge in [-0.15, -0.1) is 0 Å². The average Bonchev–Trinajstić information content (AvgIpc) is 3.77. The first-order valence-electron chi connectivity index (χ1n) is 13.2. The van der Waals surface area contributed by atoms with Gasteiger partial charge in [-0.2, -0.15) is 0 Å². The molecule has 2 aromatic carbocycles. The molecule has 34 heavy (non-hydrogen) atoms. The van der Waals surface area contributed by atoms with Crippen molar-refractivity contribution in [3.05, 3.63) is 59.2 Å². The summed E-state index contributed by atoms with van der Waals surface area (Å²) in [5, 5.41) is 3.75. The summed E-state index contributed by atoms with van der Waals surface area (Å²) < 4.78 is 18.5. The van der Waals surface area contributed by atoms with E-state index in [4.69, 9.17) is 14.2 Å². The lowest BCUT2D eigenvalue weighted by atomic mass is 9.71. The summed E-state index contributed by atoms with van der Waals surface area (Å²) in [5.41, 5.74) is 5.16. The predicted octanol–water partition coefficient (Wildman–Crippen LogP) is 5.16. The summed E-state index contributed by atoms with van der Waals surface area (Å²) in [5.74, 6) is 2.35. The predicted molar refractivity (Wildman–Crippen MR) is 134 cm³/mol. The van der Waals surface area contributed by atoms with Crippen LogP contribution < -0.4 is 10.1 Å². The number of hydrogen-bond acceptors (Lipinski definition) is 5. The largest absolute Gasteiger partial charge is 0.487 e. The van der Waals surface area contributed by atoms with Crippen molar-refractivity contribution >= 4 is 5.69 Å². The van der Waals surface area contributed by atoms with E-state index in [1.165, 1.54) is 36.1 Å². The molecular formula is C29H38N2O3. The molecule has 2 aliphatic carbocycles. The quantitative estimate of drug-likeness (QED) is 0.391. The van der Waals surface area contributed by atoms with Crippen LogP contribution in [0.25, 0.3) is 0 Å². The lowest BCUT2D eigenvalue weighted by molar-refractivity contribution is 0.158. The highest BCUT2D eigenvalue weighted by atomic mass is 16.6. The first-order valence-corrected chi connectivity index (χ1v) is 13.2. The molecule has 2 bridgehead atoms. The summed E-state index contributed by atoms with van der Waals surface area (Å²) in [6.45, 7) is 12.0. The Kier molecular flexibility index (Phi) is 5.83. The minimum absolute atomic E-state index is 0.0612. The highest BCUT2D eigenvalue weighted by molar-refractivity contribution is 5.69. The van der Waals surface area contributed by atoms with Crippen molar-refractivity contribution in [3.63, 3.8) is 0 Å². The van der Waals surface area contributed by atoms with Gasteiger partial charge in [-0.1, -0.05) is 50.2 Å². The van der Waals surface area contributed by atoms with Crippen molar-refractivity contribution in [2.75, 3.05) is 38.2 Å². The molecule has 2 heterocycles.